The van der Waals surface area contributed by atoms with E-state index in [9.17, 15) is 10.1 Å². The van der Waals surface area contributed by atoms with E-state index in [0.717, 1.165) is 21.8 Å². The van der Waals surface area contributed by atoms with Gasteiger partial charge in [-0.25, -0.2) is 0 Å². The van der Waals surface area contributed by atoms with Gasteiger partial charge in [0.25, 0.3) is 5.69 Å². The van der Waals surface area contributed by atoms with Crippen LogP contribution in [0, 0.1) is 10.1 Å². The number of nitro groups is 1. The predicted molar refractivity (Wildman–Crippen MR) is 110 cm³/mol. The molecule has 0 atom stereocenters. The Balaban J connectivity index is 1.67. The molecule has 2 heterocycles. The Kier molecular flexibility index (Phi) is 4.31. The number of nitro benzene ring substituents is 1. The summed E-state index contributed by atoms with van der Waals surface area (Å²) >= 11 is 5.37. The van der Waals surface area contributed by atoms with Gasteiger partial charge in [0.05, 0.1) is 21.6 Å². The molecule has 4 aromatic rings. The third-order valence-electron chi connectivity index (χ3n) is 4.04. The number of anilines is 2. The molecule has 4 rings (SSSR count). The number of thiocarbonyl (C=S) groups is 1. The van der Waals surface area contributed by atoms with Crippen LogP contribution in [-0.4, -0.2) is 20.0 Å². The van der Waals surface area contributed by atoms with Crippen molar-refractivity contribution >= 4 is 56.2 Å². The number of pyridine rings is 2. The highest BCUT2D eigenvalue weighted by Gasteiger charge is 2.11. The van der Waals surface area contributed by atoms with Crippen LogP contribution in [0.3, 0.4) is 0 Å². The predicted octanol–water partition coefficient (Wildman–Crippen LogP) is 4.50. The van der Waals surface area contributed by atoms with Crippen LogP contribution in [0.5, 0.6) is 0 Å². The van der Waals surface area contributed by atoms with Crippen LogP contribution in [0.15, 0.2) is 67.0 Å². The first-order valence-corrected chi connectivity index (χ1v) is 8.47. The molecule has 7 nitrogen and oxygen atoms in total. The smallest absolute Gasteiger partial charge is 0.271 e. The lowest BCUT2D eigenvalue weighted by Gasteiger charge is -2.13. The zero-order valence-electron chi connectivity index (χ0n) is 13.9. The first kappa shape index (κ1) is 16.8. The highest BCUT2D eigenvalue weighted by Crippen LogP contribution is 2.29. The fourth-order valence-corrected chi connectivity index (χ4v) is 3.11. The Morgan fingerprint density at radius 2 is 1.74 bits per heavy atom. The van der Waals surface area contributed by atoms with E-state index < -0.39 is 4.92 Å². The van der Waals surface area contributed by atoms with Crippen molar-refractivity contribution < 1.29 is 4.92 Å². The van der Waals surface area contributed by atoms with Crippen LogP contribution in [0.2, 0.25) is 0 Å². The third kappa shape index (κ3) is 3.38. The molecule has 0 fully saturated rings. The van der Waals surface area contributed by atoms with Crippen molar-refractivity contribution in [2.75, 3.05) is 10.6 Å². The second kappa shape index (κ2) is 6.93. The minimum atomic E-state index is -0.450. The second-order valence-electron chi connectivity index (χ2n) is 5.78. The highest BCUT2D eigenvalue weighted by atomic mass is 32.1. The van der Waals surface area contributed by atoms with Gasteiger partial charge in [0, 0.05) is 41.0 Å². The molecular formula is C19H13N5O2S. The van der Waals surface area contributed by atoms with Crippen molar-refractivity contribution in [3.05, 3.63) is 77.1 Å². The van der Waals surface area contributed by atoms with Crippen LogP contribution in [0.25, 0.3) is 21.8 Å². The molecule has 0 bridgehead atoms. The molecule has 8 heteroatoms. The van der Waals surface area contributed by atoms with Crippen molar-refractivity contribution in [2.24, 2.45) is 0 Å². The number of nitrogens with zero attached hydrogens (tertiary/aromatic N) is 3. The molecule has 0 spiro atoms. The van der Waals surface area contributed by atoms with Crippen LogP contribution in [0.4, 0.5) is 17.1 Å². The quantitative estimate of drug-likeness (QED) is 0.236. The molecule has 0 aliphatic carbocycles. The van der Waals surface area contributed by atoms with E-state index >= 15 is 0 Å². The highest BCUT2D eigenvalue weighted by molar-refractivity contribution is 7.80. The van der Waals surface area contributed by atoms with Crippen LogP contribution in [-0.2, 0) is 0 Å². The summed E-state index contributed by atoms with van der Waals surface area (Å²) in [7, 11) is 0. The van der Waals surface area contributed by atoms with Gasteiger partial charge in [-0.15, -0.1) is 0 Å². The van der Waals surface area contributed by atoms with Gasteiger partial charge in [0.15, 0.2) is 5.11 Å². The number of nitrogens with one attached hydrogen (secondary N) is 2. The van der Waals surface area contributed by atoms with Crippen molar-refractivity contribution in [1.82, 2.24) is 9.97 Å². The van der Waals surface area contributed by atoms with E-state index in [2.05, 4.69) is 20.6 Å². The Labute approximate surface area is 159 Å². The monoisotopic (exact) mass is 375 g/mol. The Morgan fingerprint density at radius 1 is 0.963 bits per heavy atom. The minimum absolute atomic E-state index is 0.00942. The summed E-state index contributed by atoms with van der Waals surface area (Å²) in [5, 5.41) is 19.3. The van der Waals surface area contributed by atoms with Gasteiger partial charge in [-0.05, 0) is 36.5 Å². The summed E-state index contributed by atoms with van der Waals surface area (Å²) < 4.78 is 0. The molecule has 2 aromatic heterocycles. The summed E-state index contributed by atoms with van der Waals surface area (Å²) in [6.07, 6.45) is 3.45. The molecule has 0 amide bonds. The van der Waals surface area contributed by atoms with Gasteiger partial charge in [-0.2, -0.15) is 0 Å². The number of non-ortho nitro benzene ring substituents is 1. The summed E-state index contributed by atoms with van der Waals surface area (Å²) in [5.41, 5.74) is 2.81. The van der Waals surface area contributed by atoms with Gasteiger partial charge < -0.3 is 10.6 Å². The van der Waals surface area contributed by atoms with Gasteiger partial charge >= 0.3 is 0 Å². The van der Waals surface area contributed by atoms with Crippen molar-refractivity contribution in [2.45, 2.75) is 0 Å². The molecule has 0 aliphatic heterocycles. The molecule has 0 radical (unpaired) electrons. The maximum atomic E-state index is 10.9. The molecule has 0 unspecified atom stereocenters. The number of benzene rings is 2. The lowest BCUT2D eigenvalue weighted by molar-refractivity contribution is -0.384. The average molecular weight is 375 g/mol. The minimum Gasteiger partial charge on any atom is -0.332 e. The average Bonchev–Trinajstić information content (AvgIpc) is 2.68. The van der Waals surface area contributed by atoms with Gasteiger partial charge in [-0.3, -0.25) is 20.1 Å². The molecule has 2 N–H and O–H groups in total. The number of aromatic nitrogens is 2. The van der Waals surface area contributed by atoms with Crippen molar-refractivity contribution in [3.8, 4) is 0 Å². The maximum Gasteiger partial charge on any atom is 0.271 e. The largest absolute Gasteiger partial charge is 0.332 e. The standard InChI is InChI=1S/C19H13N5O2S/c25-24(26)13-5-1-4-12(10-13)22-19(27)23-17-11-16-14(6-2-8-20-16)15-7-3-9-21-18(15)17/h1-11H,(H2,22,23,27). The molecule has 0 saturated carbocycles. The molecular weight excluding hydrogens is 362 g/mol. The molecule has 2 aromatic carbocycles. The maximum absolute atomic E-state index is 10.9. The topological polar surface area (TPSA) is 93.0 Å². The van der Waals surface area contributed by atoms with Gasteiger partial charge in [0.1, 0.15) is 0 Å². The summed E-state index contributed by atoms with van der Waals surface area (Å²) in [6, 6.07) is 15.8. The zero-order valence-corrected chi connectivity index (χ0v) is 14.7. The fourth-order valence-electron chi connectivity index (χ4n) is 2.88. The first-order valence-electron chi connectivity index (χ1n) is 8.07. The normalized spacial score (nSPS) is 10.7. The van der Waals surface area contributed by atoms with Crippen LogP contribution >= 0.6 is 12.2 Å². The number of hydrogen-bond donors (Lipinski definition) is 2. The van der Waals surface area contributed by atoms with E-state index in [1.54, 1.807) is 24.5 Å². The number of hydrogen-bond acceptors (Lipinski definition) is 5. The lowest BCUT2D eigenvalue weighted by atomic mass is 10.1. The van der Waals surface area contributed by atoms with E-state index in [-0.39, 0.29) is 5.69 Å². The Bertz CT molecular complexity index is 1200. The zero-order chi connectivity index (χ0) is 18.8. The number of fused-ring (bicyclic) bond motifs is 3. The van der Waals surface area contributed by atoms with E-state index in [4.69, 9.17) is 12.2 Å². The van der Waals surface area contributed by atoms with Gasteiger partial charge in [-0.1, -0.05) is 18.2 Å². The molecule has 0 saturated heterocycles. The van der Waals surface area contributed by atoms with E-state index in [1.165, 1.54) is 12.1 Å². The number of rotatable bonds is 3. The van der Waals surface area contributed by atoms with E-state index in [0.29, 0.717) is 16.5 Å². The third-order valence-corrected chi connectivity index (χ3v) is 4.24. The lowest BCUT2D eigenvalue weighted by Crippen LogP contribution is -2.19. The summed E-state index contributed by atoms with van der Waals surface area (Å²) in [5.74, 6) is 0. The van der Waals surface area contributed by atoms with Crippen LogP contribution < -0.4 is 10.6 Å². The molecule has 132 valence electrons. The summed E-state index contributed by atoms with van der Waals surface area (Å²) in [4.78, 5) is 19.3. The SMILES string of the molecule is O=[N+]([O-])c1cccc(NC(=S)Nc2cc3ncccc3c3cccnc23)c1. The van der Waals surface area contributed by atoms with Crippen molar-refractivity contribution in [3.63, 3.8) is 0 Å². The second-order valence-corrected chi connectivity index (χ2v) is 6.19. The van der Waals surface area contributed by atoms with Gasteiger partial charge in [0.2, 0.25) is 0 Å². The first-order chi connectivity index (χ1) is 13.1. The Hall–Kier alpha value is -3.65. The molecule has 0 aliphatic rings. The van der Waals surface area contributed by atoms with Crippen molar-refractivity contribution in [1.29, 1.82) is 0 Å². The fraction of sp³-hybridized carbons (Fsp3) is 0. The van der Waals surface area contributed by atoms with Crippen LogP contribution in [0.1, 0.15) is 0 Å². The van der Waals surface area contributed by atoms with E-state index in [1.807, 2.05) is 30.3 Å². The Morgan fingerprint density at radius 3 is 2.56 bits per heavy atom. The molecule has 27 heavy (non-hydrogen) atoms. The summed E-state index contributed by atoms with van der Waals surface area (Å²) in [6.45, 7) is 0.